The fraction of sp³-hybridized carbons (Fsp3) is 0.692. The molecule has 0 spiro atoms. The summed E-state index contributed by atoms with van der Waals surface area (Å²) in [5, 5.41) is 3.56. The third-order valence-electron chi connectivity index (χ3n) is 3.72. The zero-order valence-electron chi connectivity index (χ0n) is 11.2. The first-order valence-corrected chi connectivity index (χ1v) is 6.36. The van der Waals surface area contributed by atoms with Gasteiger partial charge in [0.15, 0.2) is 0 Å². The van der Waals surface area contributed by atoms with Crippen molar-refractivity contribution in [3.63, 3.8) is 0 Å². The third kappa shape index (κ3) is 3.31. The molecule has 0 radical (unpaired) electrons. The minimum atomic E-state index is 0.633. The topological polar surface area (TPSA) is 23.4 Å². The molecule has 2 rings (SSSR count). The van der Waals surface area contributed by atoms with Gasteiger partial charge in [0.25, 0.3) is 0 Å². The van der Waals surface area contributed by atoms with E-state index >= 15 is 0 Å². The van der Waals surface area contributed by atoms with Crippen molar-refractivity contribution >= 4 is 0 Å². The molecule has 1 fully saturated rings. The first kappa shape index (κ1) is 12.6. The maximum Gasteiger partial charge on any atom is 0.0359 e. The van der Waals surface area contributed by atoms with Crippen molar-refractivity contribution in [3.05, 3.63) is 24.0 Å². The molecule has 4 nitrogen and oxygen atoms in total. The molecule has 17 heavy (non-hydrogen) atoms. The van der Waals surface area contributed by atoms with Gasteiger partial charge in [0, 0.05) is 57.7 Å². The van der Waals surface area contributed by atoms with Crippen LogP contribution in [0.5, 0.6) is 0 Å². The summed E-state index contributed by atoms with van der Waals surface area (Å²) in [6.07, 6.45) is 2.09. The second kappa shape index (κ2) is 5.67. The molecule has 1 aliphatic rings. The van der Waals surface area contributed by atoms with E-state index in [-0.39, 0.29) is 0 Å². The molecule has 0 saturated carbocycles. The molecular formula is C13H24N4. The molecule has 2 heterocycles. The normalized spacial score (nSPS) is 23.1. The summed E-state index contributed by atoms with van der Waals surface area (Å²) in [5.41, 5.74) is 1.34. The van der Waals surface area contributed by atoms with Crippen LogP contribution in [0.25, 0.3) is 0 Å². The fourth-order valence-corrected chi connectivity index (χ4v) is 2.37. The highest BCUT2D eigenvalue weighted by Gasteiger charge is 2.21. The van der Waals surface area contributed by atoms with Crippen LogP contribution in [0.3, 0.4) is 0 Å². The molecule has 1 aromatic rings. The smallest absolute Gasteiger partial charge is 0.0359 e. The van der Waals surface area contributed by atoms with Gasteiger partial charge in [-0.2, -0.15) is 0 Å². The summed E-state index contributed by atoms with van der Waals surface area (Å²) in [4.78, 5) is 4.87. The summed E-state index contributed by atoms with van der Waals surface area (Å²) in [6, 6.07) is 4.90. The van der Waals surface area contributed by atoms with Gasteiger partial charge in [0.2, 0.25) is 0 Å². The molecule has 1 atom stereocenters. The van der Waals surface area contributed by atoms with E-state index in [4.69, 9.17) is 0 Å². The Balaban J connectivity index is 1.76. The number of aryl methyl sites for hydroxylation is 1. The zero-order chi connectivity index (χ0) is 12.3. The van der Waals surface area contributed by atoms with E-state index in [1.165, 1.54) is 18.8 Å². The Morgan fingerprint density at radius 3 is 2.82 bits per heavy atom. The number of rotatable bonds is 4. The first-order valence-electron chi connectivity index (χ1n) is 6.36. The van der Waals surface area contributed by atoms with Gasteiger partial charge in [-0.15, -0.1) is 0 Å². The molecule has 96 valence electrons. The van der Waals surface area contributed by atoms with E-state index in [2.05, 4.69) is 59.2 Å². The van der Waals surface area contributed by atoms with E-state index in [9.17, 15) is 0 Å². The van der Waals surface area contributed by atoms with Crippen molar-refractivity contribution in [2.45, 2.75) is 12.6 Å². The van der Waals surface area contributed by atoms with Gasteiger partial charge < -0.3 is 14.8 Å². The van der Waals surface area contributed by atoms with E-state index < -0.39 is 0 Å². The lowest BCUT2D eigenvalue weighted by atomic mass is 10.2. The molecule has 0 bridgehead atoms. The predicted octanol–water partition coefficient (Wildman–Crippen LogP) is 0.361. The monoisotopic (exact) mass is 236 g/mol. The van der Waals surface area contributed by atoms with Crippen LogP contribution in [-0.4, -0.2) is 60.7 Å². The summed E-state index contributed by atoms with van der Waals surface area (Å²) in [6.45, 7) is 5.54. The Morgan fingerprint density at radius 1 is 1.29 bits per heavy atom. The SMILES string of the molecule is CN1CCN(C)C(CNCc2cccn2C)C1. The number of nitrogens with zero attached hydrogens (tertiary/aromatic N) is 3. The number of hydrogen-bond donors (Lipinski definition) is 1. The molecule has 4 heteroatoms. The van der Waals surface area contributed by atoms with Gasteiger partial charge in [0.1, 0.15) is 0 Å². The number of hydrogen-bond acceptors (Lipinski definition) is 3. The second-order valence-corrected chi connectivity index (χ2v) is 5.14. The molecule has 0 aliphatic carbocycles. The minimum Gasteiger partial charge on any atom is -0.353 e. The van der Waals surface area contributed by atoms with Crippen molar-refractivity contribution < 1.29 is 0 Å². The van der Waals surface area contributed by atoms with Gasteiger partial charge in [0.05, 0.1) is 0 Å². The lowest BCUT2D eigenvalue weighted by Gasteiger charge is -2.37. The summed E-state index contributed by atoms with van der Waals surface area (Å²) in [5.74, 6) is 0. The summed E-state index contributed by atoms with van der Waals surface area (Å²) < 4.78 is 2.17. The van der Waals surface area contributed by atoms with E-state index in [1.54, 1.807) is 0 Å². The van der Waals surface area contributed by atoms with Gasteiger partial charge in [-0.25, -0.2) is 0 Å². The van der Waals surface area contributed by atoms with Crippen LogP contribution < -0.4 is 5.32 Å². The molecule has 1 N–H and O–H groups in total. The molecule has 0 aromatic carbocycles. The first-order chi connectivity index (χ1) is 8.16. The number of likely N-dealkylation sites (N-methyl/N-ethyl adjacent to an activating group) is 2. The fourth-order valence-electron chi connectivity index (χ4n) is 2.37. The minimum absolute atomic E-state index is 0.633. The van der Waals surface area contributed by atoms with Crippen molar-refractivity contribution in [2.24, 2.45) is 7.05 Å². The Bertz CT molecular complexity index is 347. The molecule has 1 aliphatic heterocycles. The Kier molecular flexibility index (Phi) is 4.20. The second-order valence-electron chi connectivity index (χ2n) is 5.14. The van der Waals surface area contributed by atoms with Crippen molar-refractivity contribution in [2.75, 3.05) is 40.3 Å². The highest BCUT2D eigenvalue weighted by atomic mass is 15.3. The van der Waals surface area contributed by atoms with Crippen LogP contribution in [0.1, 0.15) is 5.69 Å². The van der Waals surface area contributed by atoms with Crippen LogP contribution in [-0.2, 0) is 13.6 Å². The van der Waals surface area contributed by atoms with Crippen molar-refractivity contribution in [1.82, 2.24) is 19.7 Å². The van der Waals surface area contributed by atoms with Crippen LogP contribution in [0.15, 0.2) is 18.3 Å². The van der Waals surface area contributed by atoms with Crippen LogP contribution in [0.4, 0.5) is 0 Å². The maximum atomic E-state index is 3.56. The van der Waals surface area contributed by atoms with Crippen LogP contribution in [0.2, 0.25) is 0 Å². The quantitative estimate of drug-likeness (QED) is 0.816. The van der Waals surface area contributed by atoms with Crippen molar-refractivity contribution in [3.8, 4) is 0 Å². The van der Waals surface area contributed by atoms with E-state index in [1.807, 2.05) is 0 Å². The van der Waals surface area contributed by atoms with E-state index in [0.29, 0.717) is 6.04 Å². The Hall–Kier alpha value is -0.840. The molecule has 1 saturated heterocycles. The van der Waals surface area contributed by atoms with Gasteiger partial charge in [-0.05, 0) is 26.2 Å². The van der Waals surface area contributed by atoms with Gasteiger partial charge in [-0.1, -0.05) is 0 Å². The molecule has 0 amide bonds. The Labute approximate surface area is 104 Å². The predicted molar refractivity (Wildman–Crippen MR) is 71.0 cm³/mol. The Morgan fingerprint density at radius 2 is 2.12 bits per heavy atom. The van der Waals surface area contributed by atoms with Gasteiger partial charge in [-0.3, -0.25) is 4.90 Å². The summed E-state index contributed by atoms with van der Waals surface area (Å²) >= 11 is 0. The van der Waals surface area contributed by atoms with Gasteiger partial charge >= 0.3 is 0 Å². The molecule has 1 aromatic heterocycles. The lowest BCUT2D eigenvalue weighted by Crippen LogP contribution is -2.53. The van der Waals surface area contributed by atoms with E-state index in [0.717, 1.165) is 19.6 Å². The van der Waals surface area contributed by atoms with Crippen LogP contribution in [0, 0.1) is 0 Å². The zero-order valence-corrected chi connectivity index (χ0v) is 11.2. The molecular weight excluding hydrogens is 212 g/mol. The molecule has 1 unspecified atom stereocenters. The average molecular weight is 236 g/mol. The maximum absolute atomic E-state index is 3.56. The third-order valence-corrected chi connectivity index (χ3v) is 3.72. The highest BCUT2D eigenvalue weighted by Crippen LogP contribution is 2.05. The lowest BCUT2D eigenvalue weighted by molar-refractivity contribution is 0.113. The van der Waals surface area contributed by atoms with Crippen LogP contribution >= 0.6 is 0 Å². The standard InChI is InChI=1S/C13H24N4/c1-15-7-8-17(3)13(11-15)10-14-9-12-5-4-6-16(12)2/h4-6,13-14H,7-11H2,1-3H3. The number of aromatic nitrogens is 1. The summed E-state index contributed by atoms with van der Waals surface area (Å²) in [7, 11) is 6.52. The number of piperazine rings is 1. The number of nitrogens with one attached hydrogen (secondary N) is 1. The van der Waals surface area contributed by atoms with Crippen molar-refractivity contribution in [1.29, 1.82) is 0 Å². The average Bonchev–Trinajstić information content (AvgIpc) is 2.70. The largest absolute Gasteiger partial charge is 0.353 e. The highest BCUT2D eigenvalue weighted by molar-refractivity contribution is 5.06.